The summed E-state index contributed by atoms with van der Waals surface area (Å²) >= 11 is 1.96. The molecule has 0 spiro atoms. The third-order valence-corrected chi connectivity index (χ3v) is 1.79. The van der Waals surface area contributed by atoms with E-state index in [4.69, 9.17) is 10.5 Å². The summed E-state index contributed by atoms with van der Waals surface area (Å²) in [5.74, 6) is 0. The smallest absolute Gasteiger partial charge is 0.138 e. The highest BCUT2D eigenvalue weighted by atomic mass is 32.2. The lowest BCUT2D eigenvalue weighted by molar-refractivity contribution is 1.57. The molecule has 0 atom stereocenters. The molecule has 0 aliphatic rings. The summed E-state index contributed by atoms with van der Waals surface area (Å²) < 4.78 is 0. The SMILES string of the molecule is C=C(/C=C\C(=C)SC#N)SC#N. The predicted molar refractivity (Wildman–Crippen MR) is 53.8 cm³/mol. The average molecular weight is 194 g/mol. The van der Waals surface area contributed by atoms with Crippen LogP contribution in [0.1, 0.15) is 0 Å². The van der Waals surface area contributed by atoms with E-state index >= 15 is 0 Å². The third kappa shape index (κ3) is 5.67. The summed E-state index contributed by atoms with van der Waals surface area (Å²) in [6.07, 6.45) is 3.31. The average Bonchev–Trinajstić information content (AvgIpc) is 2.02. The van der Waals surface area contributed by atoms with Crippen molar-refractivity contribution >= 4 is 23.5 Å². The molecule has 12 heavy (non-hydrogen) atoms. The van der Waals surface area contributed by atoms with Crippen LogP contribution >= 0.6 is 23.5 Å². The number of nitrogens with zero attached hydrogens (tertiary/aromatic N) is 2. The minimum absolute atomic E-state index is 0.636. The van der Waals surface area contributed by atoms with Gasteiger partial charge in [0.05, 0.1) is 0 Å². The Bertz CT molecular complexity index is 261. The van der Waals surface area contributed by atoms with E-state index in [0.29, 0.717) is 9.81 Å². The molecule has 0 radical (unpaired) electrons. The number of allylic oxidation sites excluding steroid dienone is 2. The van der Waals surface area contributed by atoms with Crippen LogP contribution < -0.4 is 0 Å². The molecular formula is C8H6N2S2. The molecule has 60 valence electrons. The number of thiocyanates is 2. The van der Waals surface area contributed by atoms with Crippen molar-refractivity contribution in [1.82, 2.24) is 0 Å². The van der Waals surface area contributed by atoms with Gasteiger partial charge in [0.15, 0.2) is 0 Å². The Morgan fingerprint density at radius 2 is 1.33 bits per heavy atom. The van der Waals surface area contributed by atoms with E-state index in [0.717, 1.165) is 23.5 Å². The van der Waals surface area contributed by atoms with Crippen molar-refractivity contribution in [3.63, 3.8) is 0 Å². The molecule has 0 N–H and O–H groups in total. The van der Waals surface area contributed by atoms with Gasteiger partial charge in [-0.05, 0) is 35.7 Å². The highest BCUT2D eigenvalue weighted by molar-refractivity contribution is 8.07. The highest BCUT2D eigenvalue weighted by Crippen LogP contribution is 2.17. The zero-order valence-corrected chi connectivity index (χ0v) is 7.91. The van der Waals surface area contributed by atoms with Gasteiger partial charge in [-0.3, -0.25) is 0 Å². The second-order valence-corrected chi connectivity index (χ2v) is 3.47. The summed E-state index contributed by atoms with van der Waals surface area (Å²) in [4.78, 5) is 1.27. The summed E-state index contributed by atoms with van der Waals surface area (Å²) in [6.45, 7) is 7.19. The van der Waals surface area contributed by atoms with Gasteiger partial charge >= 0.3 is 0 Å². The molecular weight excluding hydrogens is 188 g/mol. The van der Waals surface area contributed by atoms with Crippen LogP contribution in [0.2, 0.25) is 0 Å². The monoisotopic (exact) mass is 194 g/mol. The van der Waals surface area contributed by atoms with E-state index in [1.807, 2.05) is 10.8 Å². The van der Waals surface area contributed by atoms with E-state index in [1.54, 1.807) is 12.2 Å². The molecule has 4 heteroatoms. The zero-order valence-electron chi connectivity index (χ0n) is 6.28. The fraction of sp³-hybridized carbons (Fsp3) is 0. The van der Waals surface area contributed by atoms with Crippen molar-refractivity contribution in [2.45, 2.75) is 0 Å². The van der Waals surface area contributed by atoms with Crippen molar-refractivity contribution in [3.05, 3.63) is 35.1 Å². The third-order valence-electron chi connectivity index (χ3n) is 0.809. The second-order valence-electron chi connectivity index (χ2n) is 1.65. The molecule has 0 unspecified atom stereocenters. The quantitative estimate of drug-likeness (QED) is 0.510. The van der Waals surface area contributed by atoms with Crippen molar-refractivity contribution in [2.75, 3.05) is 0 Å². The first kappa shape index (κ1) is 10.9. The number of nitriles is 2. The molecule has 0 aliphatic heterocycles. The minimum Gasteiger partial charge on any atom is -0.185 e. The maximum Gasteiger partial charge on any atom is 0.138 e. The van der Waals surface area contributed by atoms with E-state index < -0.39 is 0 Å². The van der Waals surface area contributed by atoms with Crippen LogP contribution in [0.3, 0.4) is 0 Å². The Morgan fingerprint density at radius 1 is 1.00 bits per heavy atom. The lowest BCUT2D eigenvalue weighted by Gasteiger charge is -1.89. The Balaban J connectivity index is 3.93. The maximum absolute atomic E-state index is 8.24. The minimum atomic E-state index is 0.636. The molecule has 0 aromatic rings. The van der Waals surface area contributed by atoms with Gasteiger partial charge in [0.2, 0.25) is 0 Å². The van der Waals surface area contributed by atoms with Gasteiger partial charge in [-0.25, -0.2) is 0 Å². The molecule has 0 saturated carbocycles. The first-order valence-electron chi connectivity index (χ1n) is 2.88. The Hall–Kier alpha value is -1.10. The van der Waals surface area contributed by atoms with Crippen LogP contribution in [-0.4, -0.2) is 0 Å². The van der Waals surface area contributed by atoms with Gasteiger partial charge in [0.25, 0.3) is 0 Å². The van der Waals surface area contributed by atoms with Gasteiger partial charge in [-0.15, -0.1) is 0 Å². The maximum atomic E-state index is 8.24. The predicted octanol–water partition coefficient (Wildman–Crippen LogP) is 3.00. The van der Waals surface area contributed by atoms with E-state index in [9.17, 15) is 0 Å². The standard InChI is InChI=1S/C8H6N2S2/c1-7(11-5-9)3-4-8(2)12-6-10/h3-4H,1-2H2/b4-3-. The van der Waals surface area contributed by atoms with Crippen molar-refractivity contribution in [3.8, 4) is 10.8 Å². The van der Waals surface area contributed by atoms with Crippen LogP contribution in [0.25, 0.3) is 0 Å². The van der Waals surface area contributed by atoms with Gasteiger partial charge in [-0.2, -0.15) is 10.5 Å². The van der Waals surface area contributed by atoms with Gasteiger partial charge in [0, 0.05) is 9.81 Å². The van der Waals surface area contributed by atoms with Gasteiger partial charge in [-0.1, -0.05) is 13.2 Å². The lowest BCUT2D eigenvalue weighted by Crippen LogP contribution is -1.65. The summed E-state index contributed by atoms with van der Waals surface area (Å²) in [6, 6.07) is 0. The first-order chi connectivity index (χ1) is 5.70. The fourth-order valence-corrected chi connectivity index (χ4v) is 0.878. The molecule has 0 aromatic heterocycles. The number of thioether (sulfide) groups is 2. The van der Waals surface area contributed by atoms with Gasteiger partial charge < -0.3 is 0 Å². The molecule has 0 amide bonds. The zero-order chi connectivity index (χ0) is 9.40. The first-order valence-corrected chi connectivity index (χ1v) is 4.51. The van der Waals surface area contributed by atoms with E-state index in [2.05, 4.69) is 13.2 Å². The van der Waals surface area contributed by atoms with Crippen LogP contribution in [-0.2, 0) is 0 Å². The molecule has 2 nitrogen and oxygen atoms in total. The summed E-state index contributed by atoms with van der Waals surface area (Å²) in [5, 5.41) is 20.3. The molecule has 0 rings (SSSR count). The molecule has 0 fully saturated rings. The normalized spacial score (nSPS) is 8.83. The largest absolute Gasteiger partial charge is 0.185 e. The van der Waals surface area contributed by atoms with E-state index in [-0.39, 0.29) is 0 Å². The number of hydrogen-bond acceptors (Lipinski definition) is 4. The van der Waals surface area contributed by atoms with Crippen molar-refractivity contribution in [2.24, 2.45) is 0 Å². The second kappa shape index (κ2) is 6.60. The van der Waals surface area contributed by atoms with Crippen LogP contribution in [0, 0.1) is 21.3 Å². The molecule has 0 heterocycles. The number of hydrogen-bond donors (Lipinski definition) is 0. The molecule has 0 aliphatic carbocycles. The van der Waals surface area contributed by atoms with E-state index in [1.165, 1.54) is 0 Å². The van der Waals surface area contributed by atoms with Crippen LogP contribution in [0.5, 0.6) is 0 Å². The molecule has 0 saturated heterocycles. The van der Waals surface area contributed by atoms with Crippen molar-refractivity contribution in [1.29, 1.82) is 10.5 Å². The van der Waals surface area contributed by atoms with Crippen molar-refractivity contribution < 1.29 is 0 Å². The topological polar surface area (TPSA) is 47.6 Å². The Labute approximate surface area is 80.3 Å². The Kier molecular flexibility index (Phi) is 6.00. The molecule has 0 aromatic carbocycles. The van der Waals surface area contributed by atoms with Crippen LogP contribution in [0.15, 0.2) is 35.1 Å². The lowest BCUT2D eigenvalue weighted by atomic mass is 10.5. The fourth-order valence-electron chi connectivity index (χ4n) is 0.371. The molecule has 0 bridgehead atoms. The number of rotatable bonds is 4. The van der Waals surface area contributed by atoms with Gasteiger partial charge in [0.1, 0.15) is 10.8 Å². The van der Waals surface area contributed by atoms with Crippen LogP contribution in [0.4, 0.5) is 0 Å². The summed E-state index contributed by atoms with van der Waals surface area (Å²) in [5.41, 5.74) is 0. The summed E-state index contributed by atoms with van der Waals surface area (Å²) in [7, 11) is 0. The highest BCUT2D eigenvalue weighted by Gasteiger charge is 1.89. The Morgan fingerprint density at radius 3 is 1.58 bits per heavy atom.